The van der Waals surface area contributed by atoms with Gasteiger partial charge in [-0.25, -0.2) is 0 Å². The molecule has 6 heteroatoms. The molecule has 0 aliphatic rings. The monoisotopic (exact) mass is 435 g/mol. The number of carbonyl (C=O) groups excluding carboxylic acids is 2. The van der Waals surface area contributed by atoms with Gasteiger partial charge < -0.3 is 19.1 Å². The highest BCUT2D eigenvalue weighted by molar-refractivity contribution is 5.84. The first-order valence-electron chi connectivity index (χ1n) is 12.3. The Balaban J connectivity index is 2.72. The Morgan fingerprint density at radius 3 is 2.26 bits per heavy atom. The molecule has 6 nitrogen and oxygen atoms in total. The van der Waals surface area contributed by atoms with Gasteiger partial charge in [-0.2, -0.15) is 0 Å². The lowest BCUT2D eigenvalue weighted by Gasteiger charge is -2.28. The van der Waals surface area contributed by atoms with Crippen molar-refractivity contribution in [1.82, 2.24) is 14.4 Å². The molecule has 0 N–H and O–H groups in total. The van der Waals surface area contributed by atoms with Crippen molar-refractivity contribution in [2.75, 3.05) is 32.8 Å². The molecule has 0 radical (unpaired) electrons. The Morgan fingerprint density at radius 2 is 1.61 bits per heavy atom. The number of carbonyl (C=O) groups is 2. The summed E-state index contributed by atoms with van der Waals surface area (Å²) in [4.78, 5) is 29.8. The van der Waals surface area contributed by atoms with Gasteiger partial charge in [0.2, 0.25) is 11.8 Å². The quantitative estimate of drug-likeness (QED) is 0.312. The third-order valence-electron chi connectivity index (χ3n) is 5.63. The van der Waals surface area contributed by atoms with Crippen molar-refractivity contribution in [2.45, 2.75) is 85.1 Å². The summed E-state index contributed by atoms with van der Waals surface area (Å²) in [5.74, 6) is 0.126. The van der Waals surface area contributed by atoms with Crippen LogP contribution in [0.25, 0.3) is 0 Å². The number of unbranched alkanes of at least 4 members (excludes halogenated alkanes) is 5. The van der Waals surface area contributed by atoms with Crippen molar-refractivity contribution >= 4 is 11.8 Å². The Bertz CT molecular complexity index is 615. The molecular weight excluding hydrogens is 390 g/mol. The predicted molar refractivity (Wildman–Crippen MR) is 127 cm³/mol. The molecule has 0 saturated heterocycles. The van der Waals surface area contributed by atoms with E-state index in [9.17, 15) is 9.59 Å². The van der Waals surface area contributed by atoms with Gasteiger partial charge in [0.1, 0.15) is 0 Å². The van der Waals surface area contributed by atoms with Crippen LogP contribution >= 0.6 is 0 Å². The summed E-state index contributed by atoms with van der Waals surface area (Å²) in [5, 5.41) is 0. The van der Waals surface area contributed by atoms with Gasteiger partial charge in [0, 0.05) is 51.7 Å². The van der Waals surface area contributed by atoms with Crippen LogP contribution in [0, 0.1) is 0 Å². The molecule has 1 rings (SSSR count). The Labute approximate surface area is 189 Å². The summed E-state index contributed by atoms with van der Waals surface area (Å²) in [6.45, 7) is 9.62. The number of aromatic nitrogens is 1. The van der Waals surface area contributed by atoms with Crippen LogP contribution in [0.3, 0.4) is 0 Å². The average Bonchev–Trinajstić information content (AvgIpc) is 3.17. The van der Waals surface area contributed by atoms with E-state index in [1.54, 1.807) is 4.90 Å². The maximum atomic E-state index is 13.2. The van der Waals surface area contributed by atoms with Crippen LogP contribution < -0.4 is 0 Å². The molecule has 0 saturated carbocycles. The summed E-state index contributed by atoms with van der Waals surface area (Å²) in [6, 6.07) is 4.05. The van der Waals surface area contributed by atoms with Gasteiger partial charge in [0.05, 0.1) is 13.1 Å². The zero-order valence-electron chi connectivity index (χ0n) is 20.4. The van der Waals surface area contributed by atoms with Crippen LogP contribution in [0.1, 0.15) is 84.3 Å². The van der Waals surface area contributed by atoms with Crippen LogP contribution in [0.15, 0.2) is 18.3 Å². The van der Waals surface area contributed by atoms with Crippen LogP contribution in [-0.2, 0) is 27.9 Å². The first kappa shape index (κ1) is 27.2. The molecule has 1 aromatic heterocycles. The molecule has 0 spiro atoms. The number of rotatable bonds is 18. The van der Waals surface area contributed by atoms with Crippen LogP contribution in [0.4, 0.5) is 0 Å². The summed E-state index contributed by atoms with van der Waals surface area (Å²) in [6.07, 6.45) is 10.9. The minimum Gasteiger partial charge on any atom is -0.382 e. The third kappa shape index (κ3) is 11.4. The largest absolute Gasteiger partial charge is 0.382 e. The zero-order valence-corrected chi connectivity index (χ0v) is 20.4. The molecule has 0 aliphatic carbocycles. The number of aryl methyl sites for hydroxylation is 1. The highest BCUT2D eigenvalue weighted by atomic mass is 16.5. The maximum absolute atomic E-state index is 13.2. The minimum atomic E-state index is 0.0328. The van der Waals surface area contributed by atoms with Crippen molar-refractivity contribution in [3.63, 3.8) is 0 Å². The lowest BCUT2D eigenvalue weighted by atomic mass is 10.1. The van der Waals surface area contributed by atoms with Crippen LogP contribution in [0.2, 0.25) is 0 Å². The second-order valence-corrected chi connectivity index (χ2v) is 8.31. The van der Waals surface area contributed by atoms with Gasteiger partial charge >= 0.3 is 0 Å². The molecule has 178 valence electrons. The average molecular weight is 436 g/mol. The predicted octanol–water partition coefficient (Wildman–Crippen LogP) is 4.77. The molecule has 1 aromatic rings. The number of amides is 2. The lowest BCUT2D eigenvalue weighted by molar-refractivity contribution is -0.141. The standard InChI is InChI=1S/C25H45N3O3/c1-5-8-10-11-12-16-24(29)28(19-14-20-31-7-3)22-25(30)27(18-9-6-2)21-23-15-13-17-26(23)4/h13,15,17H,5-12,14,16,18-22H2,1-4H3. The third-order valence-corrected chi connectivity index (χ3v) is 5.63. The number of nitrogens with zero attached hydrogens (tertiary/aromatic N) is 3. The number of hydrogen-bond donors (Lipinski definition) is 0. The normalized spacial score (nSPS) is 11.0. The zero-order chi connectivity index (χ0) is 22.9. The van der Waals surface area contributed by atoms with Gasteiger partial charge in [0.25, 0.3) is 0 Å². The topological polar surface area (TPSA) is 54.8 Å². The Kier molecular flexibility index (Phi) is 14.8. The summed E-state index contributed by atoms with van der Waals surface area (Å²) in [7, 11) is 2.00. The van der Waals surface area contributed by atoms with Crippen molar-refractivity contribution in [1.29, 1.82) is 0 Å². The van der Waals surface area contributed by atoms with Crippen molar-refractivity contribution in [3.05, 3.63) is 24.0 Å². The summed E-state index contributed by atoms with van der Waals surface area (Å²) in [5.41, 5.74) is 1.11. The molecular formula is C25H45N3O3. The van der Waals surface area contributed by atoms with E-state index in [1.807, 2.05) is 41.8 Å². The van der Waals surface area contributed by atoms with Crippen LogP contribution in [-0.4, -0.2) is 59.0 Å². The van der Waals surface area contributed by atoms with Crippen LogP contribution in [0.5, 0.6) is 0 Å². The lowest BCUT2D eigenvalue weighted by Crippen LogP contribution is -2.43. The molecule has 0 bridgehead atoms. The first-order chi connectivity index (χ1) is 15.0. The fraction of sp³-hybridized carbons (Fsp3) is 0.760. The molecule has 2 amide bonds. The SMILES string of the molecule is CCCCCCCC(=O)N(CCCOCC)CC(=O)N(CCCC)Cc1cccn1C. The van der Waals surface area contributed by atoms with Crippen molar-refractivity contribution < 1.29 is 14.3 Å². The molecule has 31 heavy (non-hydrogen) atoms. The molecule has 0 unspecified atom stereocenters. The second kappa shape index (κ2) is 16.8. The van der Waals surface area contributed by atoms with Gasteiger partial charge in [0.15, 0.2) is 0 Å². The maximum Gasteiger partial charge on any atom is 0.242 e. The second-order valence-electron chi connectivity index (χ2n) is 8.31. The Morgan fingerprint density at radius 1 is 0.903 bits per heavy atom. The fourth-order valence-corrected chi connectivity index (χ4v) is 3.59. The van der Waals surface area contributed by atoms with E-state index < -0.39 is 0 Å². The van der Waals surface area contributed by atoms with E-state index in [2.05, 4.69) is 13.8 Å². The van der Waals surface area contributed by atoms with E-state index >= 15 is 0 Å². The highest BCUT2D eigenvalue weighted by Gasteiger charge is 2.21. The molecule has 0 aliphatic heterocycles. The molecule has 1 heterocycles. The van der Waals surface area contributed by atoms with E-state index in [0.717, 1.165) is 44.3 Å². The van der Waals surface area contributed by atoms with E-state index in [-0.39, 0.29) is 18.4 Å². The fourth-order valence-electron chi connectivity index (χ4n) is 3.59. The highest BCUT2D eigenvalue weighted by Crippen LogP contribution is 2.11. The van der Waals surface area contributed by atoms with Gasteiger partial charge in [-0.05, 0) is 38.3 Å². The molecule has 0 fully saturated rings. The minimum absolute atomic E-state index is 0.0328. The van der Waals surface area contributed by atoms with E-state index in [0.29, 0.717) is 32.7 Å². The summed E-state index contributed by atoms with van der Waals surface area (Å²) >= 11 is 0. The number of hydrogen-bond acceptors (Lipinski definition) is 3. The molecule has 0 aromatic carbocycles. The smallest absolute Gasteiger partial charge is 0.242 e. The van der Waals surface area contributed by atoms with E-state index in [4.69, 9.17) is 4.74 Å². The number of ether oxygens (including phenoxy) is 1. The van der Waals surface area contributed by atoms with Gasteiger partial charge in [-0.15, -0.1) is 0 Å². The van der Waals surface area contributed by atoms with Gasteiger partial charge in [-0.3, -0.25) is 9.59 Å². The molecule has 0 atom stereocenters. The first-order valence-corrected chi connectivity index (χ1v) is 12.3. The summed E-state index contributed by atoms with van der Waals surface area (Å²) < 4.78 is 7.49. The van der Waals surface area contributed by atoms with E-state index in [1.165, 1.54) is 19.3 Å². The van der Waals surface area contributed by atoms with Gasteiger partial charge in [-0.1, -0.05) is 46.0 Å². The van der Waals surface area contributed by atoms with Crippen molar-refractivity contribution in [3.8, 4) is 0 Å². The van der Waals surface area contributed by atoms with Crippen molar-refractivity contribution in [2.24, 2.45) is 7.05 Å². The Hall–Kier alpha value is -1.82.